The lowest BCUT2D eigenvalue weighted by molar-refractivity contribution is -0.137. The molecule has 7 heteroatoms. The third-order valence-corrected chi connectivity index (χ3v) is 4.57. The van der Waals surface area contributed by atoms with Crippen molar-refractivity contribution in [2.75, 3.05) is 7.11 Å². The van der Waals surface area contributed by atoms with Gasteiger partial charge in [0.05, 0.1) is 21.8 Å². The maximum Gasteiger partial charge on any atom is 0.354 e. The number of fused-ring (bicyclic) bond motifs is 1. The van der Waals surface area contributed by atoms with Gasteiger partial charge in [-0.2, -0.15) is 0 Å². The van der Waals surface area contributed by atoms with Gasteiger partial charge < -0.3 is 14.4 Å². The number of hydrogen-bond acceptors (Lipinski definition) is 4. The summed E-state index contributed by atoms with van der Waals surface area (Å²) in [7, 11) is 1.33. The van der Waals surface area contributed by atoms with E-state index in [1.807, 2.05) is 9.95 Å². The van der Waals surface area contributed by atoms with E-state index >= 15 is 0 Å². The first-order chi connectivity index (χ1) is 9.04. The number of carboxylic acid groups (broad SMARTS) is 1. The Morgan fingerprint density at radius 3 is 2.89 bits per heavy atom. The third-order valence-electron chi connectivity index (χ3n) is 2.74. The van der Waals surface area contributed by atoms with Crippen LogP contribution in [0.5, 0.6) is 0 Å². The molecule has 2 aromatic heterocycles. The minimum absolute atomic E-state index is 0.0715. The summed E-state index contributed by atoms with van der Waals surface area (Å²) in [6.45, 7) is 0.468. The molecule has 102 valence electrons. The Morgan fingerprint density at radius 1 is 1.53 bits per heavy atom. The lowest BCUT2D eigenvalue weighted by Gasteiger charge is -2.08. The average molecular weight is 346 g/mol. The number of aliphatic carboxylic acids is 1. The summed E-state index contributed by atoms with van der Waals surface area (Å²) >= 11 is 4.97. The molecule has 0 fully saturated rings. The molecular formula is C12H12BrNO4S. The minimum atomic E-state index is -0.840. The normalized spacial score (nSPS) is 10.8. The summed E-state index contributed by atoms with van der Waals surface area (Å²) in [5.74, 6) is -1.25. The summed E-state index contributed by atoms with van der Waals surface area (Å²) in [5.41, 5.74) is 1.37. The fourth-order valence-corrected chi connectivity index (χ4v) is 3.62. The first-order valence-electron chi connectivity index (χ1n) is 5.61. The highest BCUT2D eigenvalue weighted by atomic mass is 79.9. The van der Waals surface area contributed by atoms with E-state index in [1.165, 1.54) is 18.4 Å². The highest BCUT2D eigenvalue weighted by Crippen LogP contribution is 2.33. The molecule has 1 N–H and O–H groups in total. The smallest absolute Gasteiger partial charge is 0.354 e. The van der Waals surface area contributed by atoms with Gasteiger partial charge >= 0.3 is 11.9 Å². The van der Waals surface area contributed by atoms with Gasteiger partial charge in [0.25, 0.3) is 0 Å². The van der Waals surface area contributed by atoms with Crippen molar-refractivity contribution in [2.24, 2.45) is 0 Å². The number of nitrogens with zero attached hydrogens (tertiary/aromatic N) is 1. The molecule has 0 aliphatic carbocycles. The van der Waals surface area contributed by atoms with Crippen LogP contribution in [0.4, 0.5) is 0 Å². The molecule has 0 unspecified atom stereocenters. The van der Waals surface area contributed by atoms with Gasteiger partial charge in [-0.15, -0.1) is 11.3 Å². The summed E-state index contributed by atoms with van der Waals surface area (Å²) in [5, 5.41) is 10.6. The first kappa shape index (κ1) is 14.1. The number of carbonyl (C=O) groups is 2. The number of carbonyl (C=O) groups excluding carboxylic acids is 1. The zero-order valence-corrected chi connectivity index (χ0v) is 12.6. The van der Waals surface area contributed by atoms with Crippen molar-refractivity contribution in [2.45, 2.75) is 19.4 Å². The van der Waals surface area contributed by atoms with Crippen LogP contribution < -0.4 is 0 Å². The SMILES string of the molecule is COC(=O)c1cc2scc(Br)c2n1CCCC(=O)O. The molecule has 2 heterocycles. The molecule has 2 rings (SSSR count). The van der Waals surface area contributed by atoms with Crippen LogP contribution in [0, 0.1) is 0 Å². The standard InChI is InChI=1S/C12H12BrNO4S/c1-18-12(17)8-5-9-11(7(13)6-19-9)14(8)4-2-3-10(15)16/h5-6H,2-4H2,1H3,(H,15,16). The Balaban J connectivity index is 2.38. The van der Waals surface area contributed by atoms with Crippen molar-refractivity contribution in [3.63, 3.8) is 0 Å². The number of aryl methyl sites for hydroxylation is 1. The number of aromatic nitrogens is 1. The van der Waals surface area contributed by atoms with Crippen LogP contribution >= 0.6 is 27.3 Å². The number of esters is 1. The molecule has 2 aromatic rings. The number of thiophene rings is 1. The molecule has 0 radical (unpaired) electrons. The molecule has 0 atom stereocenters. The van der Waals surface area contributed by atoms with E-state index in [0.29, 0.717) is 18.7 Å². The second-order valence-electron chi connectivity index (χ2n) is 3.97. The predicted molar refractivity (Wildman–Crippen MR) is 75.7 cm³/mol. The van der Waals surface area contributed by atoms with Crippen molar-refractivity contribution in [3.05, 3.63) is 21.6 Å². The number of ether oxygens (including phenoxy) is 1. The second kappa shape index (κ2) is 5.75. The average Bonchev–Trinajstić information content (AvgIpc) is 2.90. The molecule has 5 nitrogen and oxygen atoms in total. The summed E-state index contributed by atoms with van der Waals surface area (Å²) in [4.78, 5) is 22.3. The Kier molecular flexibility index (Phi) is 4.26. The fourth-order valence-electron chi connectivity index (χ4n) is 1.93. The van der Waals surface area contributed by atoms with Gasteiger partial charge in [0, 0.05) is 18.3 Å². The van der Waals surface area contributed by atoms with Gasteiger partial charge in [0.15, 0.2) is 0 Å². The fraction of sp³-hybridized carbons (Fsp3) is 0.333. The molecule has 0 spiro atoms. The van der Waals surface area contributed by atoms with Crippen molar-refractivity contribution in [1.29, 1.82) is 0 Å². The van der Waals surface area contributed by atoms with Gasteiger partial charge in [-0.25, -0.2) is 4.79 Å². The highest BCUT2D eigenvalue weighted by Gasteiger charge is 2.19. The summed E-state index contributed by atoms with van der Waals surface area (Å²) in [6, 6.07) is 1.78. The zero-order valence-electron chi connectivity index (χ0n) is 10.2. The van der Waals surface area contributed by atoms with E-state index in [4.69, 9.17) is 9.84 Å². The van der Waals surface area contributed by atoms with Gasteiger partial charge in [0.1, 0.15) is 5.69 Å². The third kappa shape index (κ3) is 2.82. The van der Waals surface area contributed by atoms with E-state index in [2.05, 4.69) is 15.9 Å². The quantitative estimate of drug-likeness (QED) is 0.845. The maximum atomic E-state index is 11.7. The Morgan fingerprint density at radius 2 is 2.26 bits per heavy atom. The molecule has 0 saturated carbocycles. The van der Waals surface area contributed by atoms with E-state index < -0.39 is 11.9 Å². The van der Waals surface area contributed by atoms with Crippen LogP contribution in [0.3, 0.4) is 0 Å². The zero-order chi connectivity index (χ0) is 14.0. The van der Waals surface area contributed by atoms with Gasteiger partial charge in [-0.3, -0.25) is 4.79 Å². The molecule has 0 bridgehead atoms. The second-order valence-corrected chi connectivity index (χ2v) is 5.73. The first-order valence-corrected chi connectivity index (χ1v) is 7.28. The van der Waals surface area contributed by atoms with E-state index in [1.54, 1.807) is 6.07 Å². The van der Waals surface area contributed by atoms with Gasteiger partial charge in [-0.1, -0.05) is 0 Å². The molecule has 0 amide bonds. The van der Waals surface area contributed by atoms with E-state index in [9.17, 15) is 9.59 Å². The van der Waals surface area contributed by atoms with Crippen LogP contribution in [-0.4, -0.2) is 28.7 Å². The highest BCUT2D eigenvalue weighted by molar-refractivity contribution is 9.10. The summed E-state index contributed by atoms with van der Waals surface area (Å²) in [6.07, 6.45) is 0.535. The minimum Gasteiger partial charge on any atom is -0.481 e. The molecule has 19 heavy (non-hydrogen) atoms. The largest absolute Gasteiger partial charge is 0.481 e. The Labute approximate surface area is 121 Å². The molecule has 0 saturated heterocycles. The summed E-state index contributed by atoms with van der Waals surface area (Å²) < 4.78 is 8.44. The van der Waals surface area contributed by atoms with Crippen LogP contribution in [-0.2, 0) is 16.1 Å². The van der Waals surface area contributed by atoms with Crippen molar-refractivity contribution >= 4 is 49.4 Å². The van der Waals surface area contributed by atoms with Gasteiger partial charge in [-0.05, 0) is 28.4 Å². The van der Waals surface area contributed by atoms with Crippen LogP contribution in [0.25, 0.3) is 10.2 Å². The van der Waals surface area contributed by atoms with Crippen molar-refractivity contribution in [3.8, 4) is 0 Å². The van der Waals surface area contributed by atoms with Crippen LogP contribution in [0.2, 0.25) is 0 Å². The topological polar surface area (TPSA) is 68.5 Å². The van der Waals surface area contributed by atoms with Crippen molar-refractivity contribution in [1.82, 2.24) is 4.57 Å². The molecular weight excluding hydrogens is 334 g/mol. The monoisotopic (exact) mass is 345 g/mol. The van der Waals surface area contributed by atoms with Crippen LogP contribution in [0.15, 0.2) is 15.9 Å². The predicted octanol–water partition coefficient (Wildman–Crippen LogP) is 3.12. The number of halogens is 1. The number of carboxylic acids is 1. The Hall–Kier alpha value is -1.34. The lowest BCUT2D eigenvalue weighted by Crippen LogP contribution is -2.11. The van der Waals surface area contributed by atoms with E-state index in [-0.39, 0.29) is 6.42 Å². The van der Waals surface area contributed by atoms with E-state index in [0.717, 1.165) is 14.7 Å². The maximum absolute atomic E-state index is 11.7. The van der Waals surface area contributed by atoms with Crippen LogP contribution in [0.1, 0.15) is 23.3 Å². The molecule has 0 aliphatic heterocycles. The van der Waals surface area contributed by atoms with Gasteiger partial charge in [0.2, 0.25) is 0 Å². The Bertz CT molecular complexity index is 631. The lowest BCUT2D eigenvalue weighted by atomic mass is 10.3. The number of rotatable bonds is 5. The number of methoxy groups -OCH3 is 1. The van der Waals surface area contributed by atoms with Crippen molar-refractivity contribution < 1.29 is 19.4 Å². The molecule has 0 aliphatic rings. The molecule has 0 aromatic carbocycles. The number of hydrogen-bond donors (Lipinski definition) is 1.